The zero-order valence-electron chi connectivity index (χ0n) is 14.7. The van der Waals surface area contributed by atoms with Gasteiger partial charge in [-0.25, -0.2) is 9.69 Å². The van der Waals surface area contributed by atoms with Crippen molar-refractivity contribution in [1.82, 2.24) is 5.32 Å². The zero-order chi connectivity index (χ0) is 21.1. The monoisotopic (exact) mass is 415 g/mol. The highest BCUT2D eigenvalue weighted by molar-refractivity contribution is 6.39. The summed E-state index contributed by atoms with van der Waals surface area (Å²) in [5, 5.41) is 11.8. The van der Waals surface area contributed by atoms with Crippen LogP contribution in [0.4, 0.5) is 10.5 Å². The Kier molecular flexibility index (Phi) is 5.51. The van der Waals surface area contributed by atoms with Crippen LogP contribution < -0.4 is 20.7 Å². The maximum atomic E-state index is 12.9. The van der Waals surface area contributed by atoms with Crippen molar-refractivity contribution in [3.8, 4) is 11.5 Å². The molecule has 0 unspecified atom stereocenters. The fourth-order valence-electron chi connectivity index (χ4n) is 2.56. The molecule has 1 fully saturated rings. The van der Waals surface area contributed by atoms with Gasteiger partial charge in [0.2, 0.25) is 0 Å². The molecule has 0 saturated carbocycles. The number of urea groups is 1. The molecule has 10 heteroatoms. The lowest BCUT2D eigenvalue weighted by Gasteiger charge is -2.26. The van der Waals surface area contributed by atoms with Crippen molar-refractivity contribution in [2.75, 3.05) is 11.5 Å². The molecule has 1 heterocycles. The maximum absolute atomic E-state index is 12.9. The molecule has 29 heavy (non-hydrogen) atoms. The van der Waals surface area contributed by atoms with E-state index in [9.17, 15) is 24.3 Å². The molecule has 1 aliphatic rings. The first-order chi connectivity index (χ1) is 13.8. The number of phenolic OH excluding ortho intramolecular Hbond substituents is 1. The molecule has 4 N–H and O–H groups in total. The number of rotatable bonds is 5. The Bertz CT molecular complexity index is 1050. The van der Waals surface area contributed by atoms with E-state index in [4.69, 9.17) is 22.1 Å². The van der Waals surface area contributed by atoms with Gasteiger partial charge >= 0.3 is 6.03 Å². The highest BCUT2D eigenvalue weighted by Gasteiger charge is 2.37. The number of carbonyl (C=O) groups excluding carboxylic acids is 4. The number of hydrogen-bond acceptors (Lipinski definition) is 6. The Morgan fingerprint density at radius 3 is 2.52 bits per heavy atom. The molecule has 148 valence electrons. The lowest BCUT2D eigenvalue weighted by Crippen LogP contribution is -2.54. The van der Waals surface area contributed by atoms with Crippen molar-refractivity contribution in [2.24, 2.45) is 5.73 Å². The van der Waals surface area contributed by atoms with E-state index in [0.717, 1.165) is 4.90 Å². The molecular weight excluding hydrogens is 402 g/mol. The zero-order valence-corrected chi connectivity index (χ0v) is 15.5. The summed E-state index contributed by atoms with van der Waals surface area (Å²) < 4.78 is 5.28. The van der Waals surface area contributed by atoms with Gasteiger partial charge in [-0.1, -0.05) is 11.6 Å². The number of benzene rings is 2. The van der Waals surface area contributed by atoms with E-state index in [1.54, 1.807) is 0 Å². The molecule has 0 radical (unpaired) electrons. The Hall–Kier alpha value is -3.85. The predicted octanol–water partition coefficient (Wildman–Crippen LogP) is 1.58. The Labute approximate surface area is 169 Å². The number of nitrogens with zero attached hydrogens (tertiary/aromatic N) is 1. The van der Waals surface area contributed by atoms with Gasteiger partial charge in [-0.05, 0) is 48.5 Å². The molecule has 1 aliphatic heterocycles. The normalized spacial score (nSPS) is 15.4. The van der Waals surface area contributed by atoms with Crippen molar-refractivity contribution >= 4 is 47.1 Å². The van der Waals surface area contributed by atoms with Gasteiger partial charge in [0, 0.05) is 10.6 Å². The Morgan fingerprint density at radius 2 is 1.86 bits per heavy atom. The minimum absolute atomic E-state index is 0.0550. The number of anilines is 1. The SMILES string of the molecule is NC(=O)COc1ccc(Cl)cc1/C=C1\C(=O)NC(=O)N(c2ccc(O)cc2)C1=O. The Balaban J connectivity index is 2.01. The summed E-state index contributed by atoms with van der Waals surface area (Å²) in [5.74, 6) is -2.40. The highest BCUT2D eigenvalue weighted by atomic mass is 35.5. The number of nitrogens with two attached hydrogens (primary N) is 1. The van der Waals surface area contributed by atoms with Crippen LogP contribution in [0.25, 0.3) is 6.08 Å². The van der Waals surface area contributed by atoms with Crippen LogP contribution in [0.2, 0.25) is 5.02 Å². The number of primary amides is 1. The number of ether oxygens (including phenoxy) is 1. The van der Waals surface area contributed by atoms with E-state index in [2.05, 4.69) is 5.32 Å². The van der Waals surface area contributed by atoms with Crippen molar-refractivity contribution in [3.05, 3.63) is 58.6 Å². The van der Waals surface area contributed by atoms with Gasteiger partial charge in [-0.15, -0.1) is 0 Å². The van der Waals surface area contributed by atoms with Crippen LogP contribution >= 0.6 is 11.6 Å². The van der Waals surface area contributed by atoms with Gasteiger partial charge < -0.3 is 15.6 Å². The van der Waals surface area contributed by atoms with E-state index < -0.39 is 30.4 Å². The lowest BCUT2D eigenvalue weighted by atomic mass is 10.1. The third kappa shape index (κ3) is 4.36. The molecule has 5 amide bonds. The van der Waals surface area contributed by atoms with Crippen molar-refractivity contribution in [1.29, 1.82) is 0 Å². The number of nitrogens with one attached hydrogen (secondary N) is 1. The average molecular weight is 416 g/mol. The van der Waals surface area contributed by atoms with Crippen molar-refractivity contribution < 1.29 is 29.0 Å². The van der Waals surface area contributed by atoms with E-state index in [-0.39, 0.29) is 28.3 Å². The number of aromatic hydroxyl groups is 1. The average Bonchev–Trinajstić information content (AvgIpc) is 2.65. The van der Waals surface area contributed by atoms with Crippen LogP contribution in [0.1, 0.15) is 5.56 Å². The molecule has 9 nitrogen and oxygen atoms in total. The van der Waals surface area contributed by atoms with Gasteiger partial charge in [-0.2, -0.15) is 0 Å². The van der Waals surface area contributed by atoms with Gasteiger partial charge in [-0.3, -0.25) is 19.7 Å². The fraction of sp³-hybridized carbons (Fsp3) is 0.0526. The summed E-state index contributed by atoms with van der Waals surface area (Å²) in [6, 6.07) is 8.72. The number of amides is 5. The summed E-state index contributed by atoms with van der Waals surface area (Å²) in [6.07, 6.45) is 1.19. The third-order valence-electron chi connectivity index (χ3n) is 3.85. The Morgan fingerprint density at radius 1 is 1.17 bits per heavy atom. The molecule has 2 aromatic rings. The summed E-state index contributed by atoms with van der Waals surface area (Å²) >= 11 is 5.98. The quantitative estimate of drug-likeness (QED) is 0.500. The van der Waals surface area contributed by atoms with Crippen LogP contribution in [0.5, 0.6) is 11.5 Å². The molecule has 1 saturated heterocycles. The minimum Gasteiger partial charge on any atom is -0.508 e. The highest BCUT2D eigenvalue weighted by Crippen LogP contribution is 2.28. The van der Waals surface area contributed by atoms with Gasteiger partial charge in [0.05, 0.1) is 5.69 Å². The van der Waals surface area contributed by atoms with Crippen LogP contribution in [-0.4, -0.2) is 35.5 Å². The number of halogens is 1. The smallest absolute Gasteiger partial charge is 0.335 e. The first kappa shape index (κ1) is 19.9. The van der Waals surface area contributed by atoms with Crippen molar-refractivity contribution in [3.63, 3.8) is 0 Å². The molecule has 0 bridgehead atoms. The molecule has 0 aliphatic carbocycles. The van der Waals surface area contributed by atoms with Crippen LogP contribution in [0.15, 0.2) is 48.0 Å². The number of hydrogen-bond donors (Lipinski definition) is 3. The van der Waals surface area contributed by atoms with Crippen LogP contribution in [-0.2, 0) is 14.4 Å². The topological polar surface area (TPSA) is 139 Å². The lowest BCUT2D eigenvalue weighted by molar-refractivity contribution is -0.123. The number of barbiturate groups is 1. The second kappa shape index (κ2) is 8.03. The summed E-state index contributed by atoms with van der Waals surface area (Å²) in [7, 11) is 0. The second-order valence-corrected chi connectivity index (χ2v) is 6.35. The number of imide groups is 2. The molecular formula is C19H14ClN3O6. The molecule has 0 atom stereocenters. The molecule has 3 rings (SSSR count). The second-order valence-electron chi connectivity index (χ2n) is 5.91. The first-order valence-corrected chi connectivity index (χ1v) is 8.55. The van der Waals surface area contributed by atoms with Crippen LogP contribution in [0, 0.1) is 0 Å². The van der Waals surface area contributed by atoms with Crippen molar-refractivity contribution in [2.45, 2.75) is 0 Å². The van der Waals surface area contributed by atoms with E-state index in [1.165, 1.54) is 48.5 Å². The molecule has 0 spiro atoms. The van der Waals surface area contributed by atoms with E-state index >= 15 is 0 Å². The minimum atomic E-state index is -0.931. The predicted molar refractivity (Wildman–Crippen MR) is 103 cm³/mol. The summed E-state index contributed by atoms with van der Waals surface area (Å²) in [6.45, 7) is -0.421. The van der Waals surface area contributed by atoms with E-state index in [1.807, 2.05) is 0 Å². The van der Waals surface area contributed by atoms with Gasteiger partial charge in [0.15, 0.2) is 6.61 Å². The standard InChI is InChI=1S/C19H14ClN3O6/c20-11-1-6-15(29-9-16(21)25)10(7-11)8-14-17(26)22-19(28)23(18(14)27)12-2-4-13(24)5-3-12/h1-8,24H,9H2,(H2,21,25)(H,22,26,28)/b14-8+. The number of phenols is 1. The maximum Gasteiger partial charge on any atom is 0.335 e. The van der Waals surface area contributed by atoms with E-state index in [0.29, 0.717) is 5.02 Å². The van der Waals surface area contributed by atoms with Crippen LogP contribution in [0.3, 0.4) is 0 Å². The van der Waals surface area contributed by atoms with Gasteiger partial charge in [0.25, 0.3) is 17.7 Å². The summed E-state index contributed by atoms with van der Waals surface area (Å²) in [4.78, 5) is 49.1. The fourth-order valence-corrected chi connectivity index (χ4v) is 2.74. The molecule has 2 aromatic carbocycles. The third-order valence-corrected chi connectivity index (χ3v) is 4.09. The summed E-state index contributed by atoms with van der Waals surface area (Å²) in [5.41, 5.74) is 5.10. The van der Waals surface area contributed by atoms with Gasteiger partial charge in [0.1, 0.15) is 17.1 Å². The largest absolute Gasteiger partial charge is 0.508 e. The number of carbonyl (C=O) groups is 4. The first-order valence-electron chi connectivity index (χ1n) is 8.17. The molecule has 0 aromatic heterocycles.